The number of halogens is 4. The highest BCUT2D eigenvalue weighted by atomic mass is 35.5. The number of fused-ring (bicyclic) bond motifs is 1. The quantitative estimate of drug-likeness (QED) is 0.179. The summed E-state index contributed by atoms with van der Waals surface area (Å²) in [4.78, 5) is 31.3. The third-order valence-corrected chi connectivity index (χ3v) is 10.3. The van der Waals surface area contributed by atoms with Gasteiger partial charge >= 0.3 is 6.18 Å². The molecule has 0 radical (unpaired) electrons. The van der Waals surface area contributed by atoms with Crippen molar-refractivity contribution >= 4 is 23.4 Å². The predicted molar refractivity (Wildman–Crippen MR) is 188 cm³/mol. The summed E-state index contributed by atoms with van der Waals surface area (Å²) in [7, 11) is 0. The summed E-state index contributed by atoms with van der Waals surface area (Å²) < 4.78 is 42.7. The van der Waals surface area contributed by atoms with Crippen LogP contribution in [0.15, 0.2) is 84.9 Å². The fourth-order valence-electron chi connectivity index (χ4n) is 7.23. The van der Waals surface area contributed by atoms with E-state index in [-0.39, 0.29) is 42.2 Å². The van der Waals surface area contributed by atoms with Crippen LogP contribution in [0.5, 0.6) is 0 Å². The largest absolute Gasteiger partial charge is 0.416 e. The Morgan fingerprint density at radius 3 is 2.33 bits per heavy atom. The first-order valence-corrected chi connectivity index (χ1v) is 17.6. The van der Waals surface area contributed by atoms with Crippen molar-refractivity contribution in [3.05, 3.63) is 118 Å². The molecule has 5 rings (SSSR count). The van der Waals surface area contributed by atoms with Crippen molar-refractivity contribution < 1.29 is 22.8 Å². The van der Waals surface area contributed by atoms with E-state index in [9.17, 15) is 22.8 Å². The lowest BCUT2D eigenvalue weighted by molar-refractivity contribution is -0.139. The molecule has 0 spiro atoms. The number of carbonyl (C=O) groups excluding carboxylic acids is 2. The molecule has 4 atom stereocenters. The van der Waals surface area contributed by atoms with E-state index in [2.05, 4.69) is 22.1 Å². The van der Waals surface area contributed by atoms with Gasteiger partial charge in [-0.2, -0.15) is 13.2 Å². The average molecular weight is 695 g/mol. The zero-order chi connectivity index (χ0) is 35.1. The van der Waals surface area contributed by atoms with Crippen molar-refractivity contribution in [2.24, 2.45) is 5.92 Å². The van der Waals surface area contributed by atoms with E-state index < -0.39 is 23.8 Å². The number of piperazine rings is 1. The molecule has 262 valence electrons. The minimum absolute atomic E-state index is 0.0660. The number of alkyl halides is 3. The van der Waals surface area contributed by atoms with Gasteiger partial charge in [-0.15, -0.1) is 0 Å². The van der Waals surface area contributed by atoms with E-state index in [1.165, 1.54) is 6.07 Å². The Morgan fingerprint density at radius 1 is 0.980 bits per heavy atom. The second kappa shape index (κ2) is 16.4. The van der Waals surface area contributed by atoms with E-state index >= 15 is 0 Å². The summed E-state index contributed by atoms with van der Waals surface area (Å²) in [5, 5.41) is 6.99. The molecule has 3 aromatic rings. The Bertz CT molecular complexity index is 1600. The Hall–Kier alpha value is -3.66. The van der Waals surface area contributed by atoms with E-state index in [0.717, 1.165) is 41.2 Å². The zero-order valence-electron chi connectivity index (χ0n) is 28.2. The van der Waals surface area contributed by atoms with E-state index in [1.54, 1.807) is 29.2 Å². The lowest BCUT2D eigenvalue weighted by Crippen LogP contribution is -2.56. The van der Waals surface area contributed by atoms with Crippen LogP contribution in [-0.2, 0) is 28.7 Å². The number of hydrogen-bond donors (Lipinski definition) is 2. The van der Waals surface area contributed by atoms with Crippen molar-refractivity contribution in [3.63, 3.8) is 0 Å². The van der Waals surface area contributed by atoms with Crippen molar-refractivity contribution in [2.75, 3.05) is 26.2 Å². The number of nitrogens with one attached hydrogen (secondary N) is 2. The monoisotopic (exact) mass is 694 g/mol. The highest BCUT2D eigenvalue weighted by Crippen LogP contribution is 2.40. The molecule has 2 aliphatic rings. The Morgan fingerprint density at radius 2 is 1.65 bits per heavy atom. The molecule has 1 saturated heterocycles. The molecule has 3 aromatic carbocycles. The van der Waals surface area contributed by atoms with Gasteiger partial charge in [-0.25, -0.2) is 0 Å². The van der Waals surface area contributed by atoms with Crippen molar-refractivity contribution in [2.45, 2.75) is 76.8 Å². The third-order valence-electron chi connectivity index (χ3n) is 10.1. The Labute approximate surface area is 292 Å². The molecule has 2 heterocycles. The number of hydrogen-bond acceptors (Lipinski definition) is 4. The number of benzene rings is 3. The molecule has 6 nitrogen and oxygen atoms in total. The van der Waals surface area contributed by atoms with Gasteiger partial charge in [0.1, 0.15) is 6.04 Å². The maximum Gasteiger partial charge on any atom is 0.416 e. The summed E-state index contributed by atoms with van der Waals surface area (Å²) in [6, 6.07) is 19.6. The van der Waals surface area contributed by atoms with Crippen molar-refractivity contribution in [3.8, 4) is 0 Å². The van der Waals surface area contributed by atoms with Gasteiger partial charge in [-0.3, -0.25) is 14.5 Å². The minimum Gasteiger partial charge on any atom is -0.344 e. The highest BCUT2D eigenvalue weighted by molar-refractivity contribution is 6.30. The highest BCUT2D eigenvalue weighted by Gasteiger charge is 2.39. The van der Waals surface area contributed by atoms with Crippen LogP contribution in [0.4, 0.5) is 13.2 Å². The van der Waals surface area contributed by atoms with Crippen LogP contribution in [0.2, 0.25) is 5.02 Å². The fraction of sp³-hybridized carbons (Fsp3) is 0.436. The van der Waals surface area contributed by atoms with Gasteiger partial charge in [-0.05, 0) is 65.6 Å². The molecule has 2 N–H and O–H groups in total. The van der Waals surface area contributed by atoms with Gasteiger partial charge in [0, 0.05) is 62.7 Å². The Kier molecular flexibility index (Phi) is 12.2. The van der Waals surface area contributed by atoms with Crippen LogP contribution < -0.4 is 10.6 Å². The van der Waals surface area contributed by atoms with E-state index in [0.29, 0.717) is 44.2 Å². The lowest BCUT2D eigenvalue weighted by Gasteiger charge is -2.42. The first-order valence-electron chi connectivity index (χ1n) is 17.2. The number of nitrogens with zero attached hydrogens (tertiary/aromatic N) is 2. The molecule has 0 aromatic heterocycles. The molecular formula is C39H46ClF3N4O2. The summed E-state index contributed by atoms with van der Waals surface area (Å²) in [5.74, 6) is -0.372. The number of allylic oxidation sites excluding steroid dienone is 1. The van der Waals surface area contributed by atoms with E-state index in [4.69, 9.17) is 11.6 Å². The average Bonchev–Trinajstić information content (AvgIpc) is 3.51. The van der Waals surface area contributed by atoms with Crippen LogP contribution in [0.3, 0.4) is 0 Å². The molecular weight excluding hydrogens is 649 g/mol. The summed E-state index contributed by atoms with van der Waals surface area (Å²) in [6.45, 7) is 10.5. The molecule has 0 bridgehead atoms. The van der Waals surface area contributed by atoms with Gasteiger partial charge in [-0.1, -0.05) is 92.2 Å². The number of rotatable bonds is 13. The molecule has 2 aliphatic heterocycles. The normalized spacial score (nSPS) is 18.4. The van der Waals surface area contributed by atoms with Gasteiger partial charge in [0.2, 0.25) is 11.8 Å². The molecule has 2 amide bonds. The Balaban J connectivity index is 1.32. The molecule has 0 saturated carbocycles. The second-order valence-corrected chi connectivity index (χ2v) is 13.5. The van der Waals surface area contributed by atoms with Crippen LogP contribution in [0, 0.1) is 5.92 Å². The number of amides is 2. The molecule has 0 aliphatic carbocycles. The van der Waals surface area contributed by atoms with Gasteiger partial charge < -0.3 is 15.5 Å². The summed E-state index contributed by atoms with van der Waals surface area (Å²) in [5.41, 5.74) is 3.77. The van der Waals surface area contributed by atoms with Crippen LogP contribution in [-0.4, -0.2) is 53.8 Å². The topological polar surface area (TPSA) is 64.7 Å². The van der Waals surface area contributed by atoms with Crippen molar-refractivity contribution in [1.82, 2.24) is 20.4 Å². The molecule has 3 unspecified atom stereocenters. The zero-order valence-corrected chi connectivity index (χ0v) is 29.0. The molecule has 10 heteroatoms. The molecule has 49 heavy (non-hydrogen) atoms. The standard InChI is InChI=1S/C39H46ClF3N4O2/c1-4-26(3)28(5-2)23-36(32-12-8-9-13-33(32)39(41,42)43)46-18-20-47(21-19-46)38(49)35(22-27-14-16-30(40)17-15-27)45-37(48)24-34-31-11-7-6-10-29(31)25-44-34/h6-17,28,34-36,44H,3-5,18-25H2,1-2H3,(H,45,48)/t28?,34?,35-,36?/m1/s1. The summed E-state index contributed by atoms with van der Waals surface area (Å²) in [6.07, 6.45) is -1.95. The predicted octanol–water partition coefficient (Wildman–Crippen LogP) is 7.89. The lowest BCUT2D eigenvalue weighted by atomic mass is 9.84. The third kappa shape index (κ3) is 9.12. The molecule has 1 fully saturated rings. The van der Waals surface area contributed by atoms with E-state index in [1.807, 2.05) is 50.2 Å². The first-order chi connectivity index (χ1) is 23.5. The smallest absolute Gasteiger partial charge is 0.344 e. The number of carbonyl (C=O) groups is 2. The van der Waals surface area contributed by atoms with Crippen molar-refractivity contribution in [1.29, 1.82) is 0 Å². The second-order valence-electron chi connectivity index (χ2n) is 13.1. The maximum absolute atomic E-state index is 14.2. The fourth-order valence-corrected chi connectivity index (χ4v) is 7.35. The van der Waals surface area contributed by atoms with Crippen LogP contribution >= 0.6 is 11.6 Å². The van der Waals surface area contributed by atoms with Crippen LogP contribution in [0.1, 0.15) is 79.4 Å². The van der Waals surface area contributed by atoms with Gasteiger partial charge in [0.15, 0.2) is 0 Å². The summed E-state index contributed by atoms with van der Waals surface area (Å²) >= 11 is 6.11. The minimum atomic E-state index is -4.49. The SMILES string of the molecule is C=C(CC)C(CC)CC(c1ccccc1C(F)(F)F)N1CCN(C(=O)[C@@H](Cc2ccc(Cl)cc2)NC(=O)CC2NCc3ccccc32)CC1. The maximum atomic E-state index is 14.2. The van der Waals surface area contributed by atoms with Gasteiger partial charge in [0.05, 0.1) is 5.56 Å². The van der Waals surface area contributed by atoms with Gasteiger partial charge in [0.25, 0.3) is 0 Å². The van der Waals surface area contributed by atoms with Crippen LogP contribution in [0.25, 0.3) is 0 Å². The first kappa shape index (κ1) is 36.6.